The summed E-state index contributed by atoms with van der Waals surface area (Å²) in [4.78, 5) is 24.5. The van der Waals surface area contributed by atoms with Gasteiger partial charge in [-0.3, -0.25) is 15.3 Å². The van der Waals surface area contributed by atoms with Gasteiger partial charge in [-0.05, 0) is 31.5 Å². The molecule has 0 saturated carbocycles. The van der Waals surface area contributed by atoms with Gasteiger partial charge in [0.25, 0.3) is 0 Å². The first-order valence-electron chi connectivity index (χ1n) is 7.75. The first kappa shape index (κ1) is 16.8. The number of aryl methyl sites for hydroxylation is 1. The van der Waals surface area contributed by atoms with E-state index in [0.717, 1.165) is 11.3 Å². The second kappa shape index (κ2) is 6.86. The van der Waals surface area contributed by atoms with Crippen LogP contribution < -0.4 is 15.8 Å². The Morgan fingerprint density at radius 2 is 2.20 bits per heavy atom. The smallest absolute Gasteiger partial charge is 0.389 e. The van der Waals surface area contributed by atoms with Crippen LogP contribution in [0.4, 0.5) is 10.5 Å². The van der Waals surface area contributed by atoms with E-state index in [1.54, 1.807) is 13.0 Å². The molecule has 1 aliphatic heterocycles. The minimum absolute atomic E-state index is 0.129. The van der Waals surface area contributed by atoms with Crippen molar-refractivity contribution in [2.24, 2.45) is 10.7 Å². The molecule has 8 nitrogen and oxygen atoms in total. The SMILES string of the molecule is Cc1cnc(OC(=O)Nc2cccc(C3(C)COCC(N)=N3)c2)cn1. The number of carbonyl (C=O) groups excluding carboxylic acids is 1. The second-order valence-corrected chi connectivity index (χ2v) is 5.96. The summed E-state index contributed by atoms with van der Waals surface area (Å²) in [5.74, 6) is 0.578. The molecule has 0 aliphatic carbocycles. The Morgan fingerprint density at radius 3 is 2.92 bits per heavy atom. The molecule has 1 aromatic heterocycles. The number of anilines is 1. The quantitative estimate of drug-likeness (QED) is 0.883. The van der Waals surface area contributed by atoms with E-state index in [0.29, 0.717) is 24.7 Å². The number of benzene rings is 1. The van der Waals surface area contributed by atoms with Gasteiger partial charge in [0.15, 0.2) is 0 Å². The molecule has 0 radical (unpaired) electrons. The molecule has 1 atom stereocenters. The molecule has 1 unspecified atom stereocenters. The van der Waals surface area contributed by atoms with Crippen LogP contribution in [0.15, 0.2) is 41.7 Å². The number of aromatic nitrogens is 2. The first-order valence-corrected chi connectivity index (χ1v) is 7.75. The van der Waals surface area contributed by atoms with E-state index in [1.807, 2.05) is 25.1 Å². The van der Waals surface area contributed by atoms with Gasteiger partial charge < -0.3 is 15.2 Å². The van der Waals surface area contributed by atoms with Gasteiger partial charge in [0.05, 0.1) is 24.7 Å². The van der Waals surface area contributed by atoms with Crippen molar-refractivity contribution in [1.29, 1.82) is 0 Å². The number of nitrogens with one attached hydrogen (secondary N) is 1. The molecule has 130 valence electrons. The third-order valence-corrected chi connectivity index (χ3v) is 3.71. The Balaban J connectivity index is 1.72. The summed E-state index contributed by atoms with van der Waals surface area (Å²) in [6, 6.07) is 7.30. The summed E-state index contributed by atoms with van der Waals surface area (Å²) in [6.07, 6.45) is 2.27. The average molecular weight is 341 g/mol. The maximum atomic E-state index is 12.0. The highest BCUT2D eigenvalue weighted by molar-refractivity contribution is 5.86. The predicted octanol–water partition coefficient (Wildman–Crippen LogP) is 2.00. The number of ether oxygens (including phenoxy) is 2. The fraction of sp³-hybridized carbons (Fsp3) is 0.294. The van der Waals surface area contributed by atoms with Crippen molar-refractivity contribution >= 4 is 17.6 Å². The predicted molar refractivity (Wildman–Crippen MR) is 92.7 cm³/mol. The largest absolute Gasteiger partial charge is 0.418 e. The van der Waals surface area contributed by atoms with Crippen molar-refractivity contribution < 1.29 is 14.3 Å². The van der Waals surface area contributed by atoms with E-state index in [1.165, 1.54) is 12.4 Å². The molecule has 25 heavy (non-hydrogen) atoms. The zero-order valence-electron chi connectivity index (χ0n) is 14.0. The minimum atomic E-state index is -0.650. The zero-order valence-corrected chi connectivity index (χ0v) is 14.0. The molecule has 3 N–H and O–H groups in total. The third-order valence-electron chi connectivity index (χ3n) is 3.71. The Hall–Kier alpha value is -3.00. The lowest BCUT2D eigenvalue weighted by Crippen LogP contribution is -2.37. The highest BCUT2D eigenvalue weighted by atomic mass is 16.6. The Morgan fingerprint density at radius 1 is 1.36 bits per heavy atom. The number of amidine groups is 1. The van der Waals surface area contributed by atoms with Crippen LogP contribution in [-0.2, 0) is 10.3 Å². The summed E-state index contributed by atoms with van der Waals surface area (Å²) in [6.45, 7) is 4.48. The maximum absolute atomic E-state index is 12.0. The first-order chi connectivity index (χ1) is 11.9. The van der Waals surface area contributed by atoms with Crippen molar-refractivity contribution in [2.75, 3.05) is 18.5 Å². The van der Waals surface area contributed by atoms with Crippen LogP contribution in [-0.4, -0.2) is 35.1 Å². The average Bonchev–Trinajstić information content (AvgIpc) is 2.57. The van der Waals surface area contributed by atoms with Crippen LogP contribution in [0.2, 0.25) is 0 Å². The molecule has 0 bridgehead atoms. The summed E-state index contributed by atoms with van der Waals surface area (Å²) in [5.41, 5.74) is 7.38. The molecule has 1 aliphatic rings. The van der Waals surface area contributed by atoms with Crippen LogP contribution in [0, 0.1) is 6.92 Å². The van der Waals surface area contributed by atoms with Crippen LogP contribution in [0.5, 0.6) is 5.88 Å². The molecule has 1 aromatic carbocycles. The topological polar surface area (TPSA) is 112 Å². The standard InChI is InChI=1S/C17H19N5O3/c1-11-7-20-15(8-19-11)25-16(23)21-13-5-3-4-12(6-13)17(2)10-24-9-14(18)22-17/h3-8H,9-10H2,1-2H3,(H2,18,22)(H,21,23). The molecule has 3 rings (SSSR count). The van der Waals surface area contributed by atoms with E-state index >= 15 is 0 Å². The number of nitrogens with zero attached hydrogens (tertiary/aromatic N) is 3. The number of aliphatic imine (C=N–C) groups is 1. The van der Waals surface area contributed by atoms with Gasteiger partial charge in [0.1, 0.15) is 18.0 Å². The van der Waals surface area contributed by atoms with Gasteiger partial charge in [-0.25, -0.2) is 9.78 Å². The Kier molecular flexibility index (Phi) is 4.62. The lowest BCUT2D eigenvalue weighted by Gasteiger charge is -2.30. The highest BCUT2D eigenvalue weighted by Crippen LogP contribution is 2.29. The van der Waals surface area contributed by atoms with Gasteiger partial charge in [0, 0.05) is 5.69 Å². The molecule has 2 aromatic rings. The van der Waals surface area contributed by atoms with E-state index in [2.05, 4.69) is 20.3 Å². The summed E-state index contributed by atoms with van der Waals surface area (Å²) >= 11 is 0. The van der Waals surface area contributed by atoms with E-state index in [-0.39, 0.29) is 5.88 Å². The third kappa shape index (κ3) is 4.10. The van der Waals surface area contributed by atoms with E-state index in [4.69, 9.17) is 15.2 Å². The molecule has 0 spiro atoms. The normalized spacial score (nSPS) is 19.8. The molecule has 2 heterocycles. The number of nitrogens with two attached hydrogens (primary N) is 1. The molecule has 1 amide bonds. The maximum Gasteiger partial charge on any atom is 0.418 e. The van der Waals surface area contributed by atoms with E-state index in [9.17, 15) is 4.79 Å². The van der Waals surface area contributed by atoms with Crippen LogP contribution in [0.25, 0.3) is 0 Å². The Bertz CT molecular complexity index is 806. The lowest BCUT2D eigenvalue weighted by atomic mass is 9.92. The molecular formula is C17H19N5O3. The van der Waals surface area contributed by atoms with Gasteiger partial charge in [0.2, 0.25) is 5.88 Å². The monoisotopic (exact) mass is 341 g/mol. The van der Waals surface area contributed by atoms with Crippen molar-refractivity contribution in [3.05, 3.63) is 47.9 Å². The number of hydrogen-bond donors (Lipinski definition) is 2. The molecule has 0 saturated heterocycles. The molecule has 0 fully saturated rings. The van der Waals surface area contributed by atoms with Crippen molar-refractivity contribution in [3.8, 4) is 5.88 Å². The van der Waals surface area contributed by atoms with Gasteiger partial charge in [-0.2, -0.15) is 0 Å². The fourth-order valence-corrected chi connectivity index (χ4v) is 2.49. The zero-order chi connectivity index (χ0) is 17.9. The number of hydrogen-bond acceptors (Lipinski definition) is 7. The van der Waals surface area contributed by atoms with Gasteiger partial charge >= 0.3 is 6.09 Å². The van der Waals surface area contributed by atoms with Gasteiger partial charge in [-0.1, -0.05) is 12.1 Å². The summed E-state index contributed by atoms with van der Waals surface area (Å²) in [5, 5.41) is 2.66. The Labute approximate surface area is 145 Å². The minimum Gasteiger partial charge on any atom is -0.389 e. The molecule has 8 heteroatoms. The fourth-order valence-electron chi connectivity index (χ4n) is 2.49. The van der Waals surface area contributed by atoms with Crippen LogP contribution in [0.1, 0.15) is 18.2 Å². The molecular weight excluding hydrogens is 322 g/mol. The van der Waals surface area contributed by atoms with Crippen molar-refractivity contribution in [1.82, 2.24) is 9.97 Å². The van der Waals surface area contributed by atoms with E-state index < -0.39 is 11.6 Å². The van der Waals surface area contributed by atoms with Crippen LogP contribution >= 0.6 is 0 Å². The lowest BCUT2D eigenvalue weighted by molar-refractivity contribution is 0.106. The highest BCUT2D eigenvalue weighted by Gasteiger charge is 2.30. The van der Waals surface area contributed by atoms with Crippen molar-refractivity contribution in [2.45, 2.75) is 19.4 Å². The summed E-state index contributed by atoms with van der Waals surface area (Å²) in [7, 11) is 0. The summed E-state index contributed by atoms with van der Waals surface area (Å²) < 4.78 is 10.6. The second-order valence-electron chi connectivity index (χ2n) is 5.96. The number of carbonyl (C=O) groups is 1. The van der Waals surface area contributed by atoms with Crippen LogP contribution in [0.3, 0.4) is 0 Å². The van der Waals surface area contributed by atoms with Crippen molar-refractivity contribution in [3.63, 3.8) is 0 Å². The number of amides is 1. The van der Waals surface area contributed by atoms with Gasteiger partial charge in [-0.15, -0.1) is 0 Å². The number of rotatable bonds is 3.